The third-order valence-corrected chi connectivity index (χ3v) is 4.54. The first-order chi connectivity index (χ1) is 12.9. The SMILES string of the molecule is COc1cccc(CN(CC(O)COc2ccc(Cl)cc2)C(C)C)c1OC. The van der Waals surface area contributed by atoms with Crippen LogP contribution in [0.1, 0.15) is 19.4 Å². The van der Waals surface area contributed by atoms with E-state index in [4.69, 9.17) is 25.8 Å². The number of aliphatic hydroxyl groups excluding tert-OH is 1. The van der Waals surface area contributed by atoms with Crippen LogP contribution in [0.2, 0.25) is 5.02 Å². The fourth-order valence-corrected chi connectivity index (χ4v) is 2.93. The molecule has 0 heterocycles. The molecule has 1 unspecified atom stereocenters. The van der Waals surface area contributed by atoms with Gasteiger partial charge in [-0.15, -0.1) is 0 Å². The average molecular weight is 394 g/mol. The monoisotopic (exact) mass is 393 g/mol. The van der Waals surface area contributed by atoms with Gasteiger partial charge in [-0.1, -0.05) is 23.7 Å². The highest BCUT2D eigenvalue weighted by molar-refractivity contribution is 6.30. The van der Waals surface area contributed by atoms with Crippen LogP contribution in [0, 0.1) is 0 Å². The molecule has 1 atom stereocenters. The Morgan fingerprint density at radius 1 is 1.04 bits per heavy atom. The van der Waals surface area contributed by atoms with Crippen molar-refractivity contribution < 1.29 is 19.3 Å². The second kappa shape index (κ2) is 10.4. The van der Waals surface area contributed by atoms with Crippen molar-refractivity contribution in [3.05, 3.63) is 53.1 Å². The first-order valence-electron chi connectivity index (χ1n) is 8.95. The average Bonchev–Trinajstić information content (AvgIpc) is 2.66. The summed E-state index contributed by atoms with van der Waals surface area (Å²) in [4.78, 5) is 2.17. The zero-order chi connectivity index (χ0) is 19.8. The minimum Gasteiger partial charge on any atom is -0.493 e. The number of hydrogen-bond donors (Lipinski definition) is 1. The topological polar surface area (TPSA) is 51.2 Å². The van der Waals surface area contributed by atoms with Gasteiger partial charge in [-0.25, -0.2) is 0 Å². The maximum atomic E-state index is 10.4. The van der Waals surface area contributed by atoms with E-state index in [1.807, 2.05) is 18.2 Å². The van der Waals surface area contributed by atoms with E-state index in [2.05, 4.69) is 18.7 Å². The van der Waals surface area contributed by atoms with Crippen molar-refractivity contribution in [1.82, 2.24) is 4.90 Å². The van der Waals surface area contributed by atoms with Crippen LogP contribution < -0.4 is 14.2 Å². The summed E-state index contributed by atoms with van der Waals surface area (Å²) >= 11 is 5.87. The van der Waals surface area contributed by atoms with Crippen LogP contribution in [0.15, 0.2) is 42.5 Å². The molecule has 0 saturated heterocycles. The molecule has 2 rings (SSSR count). The van der Waals surface area contributed by atoms with Gasteiger partial charge in [-0.2, -0.15) is 0 Å². The summed E-state index contributed by atoms with van der Waals surface area (Å²) in [5.41, 5.74) is 1.01. The molecule has 0 fully saturated rings. The van der Waals surface area contributed by atoms with Gasteiger partial charge in [0.1, 0.15) is 18.5 Å². The lowest BCUT2D eigenvalue weighted by Crippen LogP contribution is -2.39. The Hall–Kier alpha value is -1.95. The van der Waals surface area contributed by atoms with Crippen molar-refractivity contribution in [2.45, 2.75) is 32.5 Å². The fraction of sp³-hybridized carbons (Fsp3) is 0.429. The maximum absolute atomic E-state index is 10.4. The number of halogens is 1. The molecule has 0 amide bonds. The molecule has 0 saturated carbocycles. The van der Waals surface area contributed by atoms with E-state index in [1.165, 1.54) is 0 Å². The minimum absolute atomic E-state index is 0.208. The number of para-hydroxylation sites is 1. The molecule has 0 aliphatic heterocycles. The Labute approximate surface area is 166 Å². The summed E-state index contributed by atoms with van der Waals surface area (Å²) in [7, 11) is 3.26. The van der Waals surface area contributed by atoms with Crippen molar-refractivity contribution in [3.8, 4) is 17.2 Å². The Morgan fingerprint density at radius 2 is 1.74 bits per heavy atom. The van der Waals surface area contributed by atoms with E-state index in [9.17, 15) is 5.11 Å². The van der Waals surface area contributed by atoms with Gasteiger partial charge < -0.3 is 19.3 Å². The molecule has 2 aromatic carbocycles. The summed E-state index contributed by atoms with van der Waals surface area (Å²) in [6.07, 6.45) is -0.625. The normalized spacial score (nSPS) is 12.3. The molecular formula is C21H28ClNO4. The van der Waals surface area contributed by atoms with Gasteiger partial charge >= 0.3 is 0 Å². The van der Waals surface area contributed by atoms with Crippen LogP contribution in [0.4, 0.5) is 0 Å². The van der Waals surface area contributed by atoms with Gasteiger partial charge in [0.2, 0.25) is 0 Å². The highest BCUT2D eigenvalue weighted by Crippen LogP contribution is 2.31. The highest BCUT2D eigenvalue weighted by Gasteiger charge is 2.19. The van der Waals surface area contributed by atoms with Crippen LogP contribution in [0.5, 0.6) is 17.2 Å². The lowest BCUT2D eigenvalue weighted by molar-refractivity contribution is 0.0540. The molecule has 0 radical (unpaired) electrons. The van der Waals surface area contributed by atoms with Crippen LogP contribution in [-0.4, -0.2) is 49.5 Å². The number of benzene rings is 2. The second-order valence-corrected chi connectivity index (χ2v) is 7.03. The molecule has 0 aliphatic carbocycles. The Balaban J connectivity index is 1.99. The summed E-state index contributed by atoms with van der Waals surface area (Å²) in [6, 6.07) is 13.2. The number of hydrogen-bond acceptors (Lipinski definition) is 5. The van der Waals surface area contributed by atoms with E-state index in [0.29, 0.717) is 29.6 Å². The van der Waals surface area contributed by atoms with Gasteiger partial charge in [0, 0.05) is 29.7 Å². The molecule has 148 valence electrons. The summed E-state index contributed by atoms with van der Waals surface area (Å²) in [5, 5.41) is 11.1. The number of rotatable bonds is 10. The van der Waals surface area contributed by atoms with Crippen molar-refractivity contribution in [2.24, 2.45) is 0 Å². The van der Waals surface area contributed by atoms with Crippen molar-refractivity contribution in [2.75, 3.05) is 27.4 Å². The molecule has 0 spiro atoms. The predicted molar refractivity (Wildman–Crippen MR) is 108 cm³/mol. The first-order valence-corrected chi connectivity index (χ1v) is 9.32. The zero-order valence-corrected chi connectivity index (χ0v) is 17.1. The van der Waals surface area contributed by atoms with E-state index in [-0.39, 0.29) is 12.6 Å². The van der Waals surface area contributed by atoms with Crippen LogP contribution >= 0.6 is 11.6 Å². The van der Waals surface area contributed by atoms with E-state index in [1.54, 1.807) is 38.5 Å². The summed E-state index contributed by atoms with van der Waals surface area (Å²) < 4.78 is 16.5. The molecule has 0 aliphatic rings. The van der Waals surface area contributed by atoms with Crippen LogP contribution in [-0.2, 0) is 6.54 Å². The number of aliphatic hydroxyl groups is 1. The molecule has 0 aromatic heterocycles. The molecule has 1 N–H and O–H groups in total. The second-order valence-electron chi connectivity index (χ2n) is 6.59. The zero-order valence-electron chi connectivity index (χ0n) is 16.3. The molecule has 0 bridgehead atoms. The fourth-order valence-electron chi connectivity index (χ4n) is 2.80. The smallest absolute Gasteiger partial charge is 0.165 e. The van der Waals surface area contributed by atoms with Crippen LogP contribution in [0.25, 0.3) is 0 Å². The third-order valence-electron chi connectivity index (χ3n) is 4.29. The standard InChI is InChI=1S/C21H28ClNO4/c1-15(2)23(12-16-6-5-7-20(25-3)21(16)26-4)13-18(24)14-27-19-10-8-17(22)9-11-19/h5-11,15,18,24H,12-14H2,1-4H3. The molecule has 5 nitrogen and oxygen atoms in total. The largest absolute Gasteiger partial charge is 0.493 e. The number of methoxy groups -OCH3 is 2. The number of nitrogens with zero attached hydrogens (tertiary/aromatic N) is 1. The van der Waals surface area contributed by atoms with Crippen molar-refractivity contribution >= 4 is 11.6 Å². The summed E-state index contributed by atoms with van der Waals surface area (Å²) in [6.45, 7) is 5.51. The van der Waals surface area contributed by atoms with Gasteiger partial charge in [0.05, 0.1) is 14.2 Å². The Bertz CT molecular complexity index is 706. The van der Waals surface area contributed by atoms with Crippen molar-refractivity contribution in [1.29, 1.82) is 0 Å². The molecular weight excluding hydrogens is 366 g/mol. The summed E-state index contributed by atoms with van der Waals surface area (Å²) in [5.74, 6) is 2.10. The highest BCUT2D eigenvalue weighted by atomic mass is 35.5. The molecule has 6 heteroatoms. The van der Waals surface area contributed by atoms with Gasteiger partial charge in [-0.05, 0) is 44.2 Å². The maximum Gasteiger partial charge on any atom is 0.165 e. The Morgan fingerprint density at radius 3 is 2.33 bits per heavy atom. The van der Waals surface area contributed by atoms with E-state index < -0.39 is 6.10 Å². The predicted octanol–water partition coefficient (Wildman–Crippen LogP) is 4.01. The quantitative estimate of drug-likeness (QED) is 0.661. The first kappa shape index (κ1) is 21.4. The third kappa shape index (κ3) is 6.31. The van der Waals surface area contributed by atoms with Gasteiger partial charge in [-0.3, -0.25) is 4.90 Å². The Kier molecular flexibility index (Phi) is 8.23. The van der Waals surface area contributed by atoms with Gasteiger partial charge in [0.15, 0.2) is 11.5 Å². The molecule has 27 heavy (non-hydrogen) atoms. The molecule has 2 aromatic rings. The minimum atomic E-state index is -0.625. The lowest BCUT2D eigenvalue weighted by Gasteiger charge is -2.29. The number of ether oxygens (including phenoxy) is 3. The lowest BCUT2D eigenvalue weighted by atomic mass is 10.1. The van der Waals surface area contributed by atoms with E-state index in [0.717, 1.165) is 11.3 Å². The van der Waals surface area contributed by atoms with Crippen molar-refractivity contribution in [3.63, 3.8) is 0 Å². The van der Waals surface area contributed by atoms with Gasteiger partial charge in [0.25, 0.3) is 0 Å². The van der Waals surface area contributed by atoms with Crippen LogP contribution in [0.3, 0.4) is 0 Å². The van der Waals surface area contributed by atoms with E-state index >= 15 is 0 Å².